The van der Waals surface area contributed by atoms with Crippen molar-refractivity contribution in [3.8, 4) is 0 Å². The van der Waals surface area contributed by atoms with E-state index in [2.05, 4.69) is 9.89 Å². The van der Waals surface area contributed by atoms with Crippen LogP contribution in [0.4, 0.5) is 4.39 Å². The van der Waals surface area contributed by atoms with Crippen molar-refractivity contribution in [3.05, 3.63) is 35.6 Å². The van der Waals surface area contributed by atoms with Crippen molar-refractivity contribution >= 4 is 6.34 Å². The van der Waals surface area contributed by atoms with Gasteiger partial charge in [0.25, 0.3) is 0 Å². The van der Waals surface area contributed by atoms with E-state index in [9.17, 15) is 4.39 Å². The van der Waals surface area contributed by atoms with Crippen molar-refractivity contribution in [2.24, 2.45) is 10.7 Å². The smallest absolute Gasteiger partial charge is 0.123 e. The third kappa shape index (κ3) is 3.53. The highest BCUT2D eigenvalue weighted by atomic mass is 19.1. The van der Waals surface area contributed by atoms with E-state index < -0.39 is 0 Å². The summed E-state index contributed by atoms with van der Waals surface area (Å²) in [5.74, 6) is 0.363. The fourth-order valence-electron chi connectivity index (χ4n) is 2.52. The molecule has 2 rings (SSSR count). The van der Waals surface area contributed by atoms with Gasteiger partial charge < -0.3 is 10.6 Å². The van der Waals surface area contributed by atoms with Crippen LogP contribution in [0.2, 0.25) is 0 Å². The summed E-state index contributed by atoms with van der Waals surface area (Å²) in [4.78, 5) is 6.41. The first-order chi connectivity index (χ1) is 8.79. The summed E-state index contributed by atoms with van der Waals surface area (Å²) in [5.41, 5.74) is 6.34. The quantitative estimate of drug-likeness (QED) is 0.655. The molecule has 0 saturated carbocycles. The topological polar surface area (TPSA) is 41.6 Å². The van der Waals surface area contributed by atoms with Crippen LogP contribution in [-0.4, -0.2) is 37.4 Å². The van der Waals surface area contributed by atoms with Crippen LogP contribution in [0.5, 0.6) is 0 Å². The minimum atomic E-state index is -0.132. The summed E-state index contributed by atoms with van der Waals surface area (Å²) in [6.07, 6.45) is 3.55. The number of hydrogen-bond acceptors (Lipinski definition) is 2. The van der Waals surface area contributed by atoms with Crippen molar-refractivity contribution in [1.29, 1.82) is 0 Å². The maximum absolute atomic E-state index is 13.2. The molecule has 0 unspecified atom stereocenters. The second-order valence-corrected chi connectivity index (χ2v) is 4.73. The zero-order chi connectivity index (χ0) is 12.8. The highest BCUT2D eigenvalue weighted by Crippen LogP contribution is 2.28. The van der Waals surface area contributed by atoms with E-state index in [-0.39, 0.29) is 5.82 Å². The van der Waals surface area contributed by atoms with Crippen LogP contribution in [0.3, 0.4) is 0 Å². The third-order valence-corrected chi connectivity index (χ3v) is 3.56. The average Bonchev–Trinajstić information content (AvgIpc) is 2.40. The number of nitrogens with two attached hydrogens (primary N) is 1. The lowest BCUT2D eigenvalue weighted by Crippen LogP contribution is -2.34. The molecule has 0 spiro atoms. The van der Waals surface area contributed by atoms with Crippen molar-refractivity contribution in [3.63, 3.8) is 0 Å². The molecule has 1 aliphatic rings. The molecule has 4 heteroatoms. The zero-order valence-electron chi connectivity index (χ0n) is 10.6. The van der Waals surface area contributed by atoms with Crippen LogP contribution in [0.25, 0.3) is 0 Å². The molecule has 0 bridgehead atoms. The van der Waals surface area contributed by atoms with E-state index in [1.807, 2.05) is 6.07 Å². The highest BCUT2D eigenvalue weighted by Gasteiger charge is 2.20. The van der Waals surface area contributed by atoms with E-state index in [1.54, 1.807) is 12.1 Å². The predicted octanol–water partition coefficient (Wildman–Crippen LogP) is 1.99. The van der Waals surface area contributed by atoms with Crippen molar-refractivity contribution < 1.29 is 4.39 Å². The number of halogens is 1. The Balaban J connectivity index is 1.83. The molecule has 98 valence electrons. The monoisotopic (exact) mass is 249 g/mol. The van der Waals surface area contributed by atoms with Crippen LogP contribution in [0.1, 0.15) is 24.3 Å². The lowest BCUT2D eigenvalue weighted by Gasteiger charge is -2.31. The second kappa shape index (κ2) is 6.50. The van der Waals surface area contributed by atoms with Gasteiger partial charge in [-0.05, 0) is 49.5 Å². The van der Waals surface area contributed by atoms with Crippen LogP contribution in [0, 0.1) is 5.82 Å². The van der Waals surface area contributed by atoms with Crippen LogP contribution in [-0.2, 0) is 0 Å². The molecule has 1 fully saturated rings. The number of likely N-dealkylation sites (tertiary alicyclic amines) is 1. The number of aliphatic imine (C=N–C) groups is 1. The first kappa shape index (κ1) is 13.0. The lowest BCUT2D eigenvalue weighted by atomic mass is 9.89. The minimum Gasteiger partial charge on any atom is -0.390 e. The Morgan fingerprint density at radius 2 is 2.17 bits per heavy atom. The molecule has 18 heavy (non-hydrogen) atoms. The largest absolute Gasteiger partial charge is 0.390 e. The predicted molar refractivity (Wildman–Crippen MR) is 72.4 cm³/mol. The summed E-state index contributed by atoms with van der Waals surface area (Å²) >= 11 is 0. The van der Waals surface area contributed by atoms with Crippen LogP contribution >= 0.6 is 0 Å². The van der Waals surface area contributed by atoms with Gasteiger partial charge in [0.2, 0.25) is 0 Å². The maximum atomic E-state index is 13.2. The molecule has 2 N–H and O–H groups in total. The van der Waals surface area contributed by atoms with Crippen molar-refractivity contribution in [2.75, 3.05) is 26.2 Å². The molecule has 0 aliphatic carbocycles. The summed E-state index contributed by atoms with van der Waals surface area (Å²) < 4.78 is 13.2. The zero-order valence-corrected chi connectivity index (χ0v) is 10.6. The third-order valence-electron chi connectivity index (χ3n) is 3.56. The molecule has 1 aliphatic heterocycles. The van der Waals surface area contributed by atoms with Gasteiger partial charge in [-0.25, -0.2) is 4.39 Å². The first-order valence-corrected chi connectivity index (χ1v) is 6.47. The fraction of sp³-hybridized carbons (Fsp3) is 0.500. The van der Waals surface area contributed by atoms with Gasteiger partial charge in [-0.1, -0.05) is 12.1 Å². The van der Waals surface area contributed by atoms with Gasteiger partial charge in [0.05, 0.1) is 12.9 Å². The van der Waals surface area contributed by atoms with Crippen LogP contribution < -0.4 is 5.73 Å². The molecule has 1 heterocycles. The standard InChI is InChI=1S/C14H20FN3/c15-14-3-1-2-13(10-14)12-4-7-18(8-5-12)9-6-17-11-16/h1-3,10-12H,4-9H2,(H2,16,17). The van der Waals surface area contributed by atoms with Gasteiger partial charge in [0, 0.05) is 6.54 Å². The molecular formula is C14H20FN3. The Bertz CT molecular complexity index is 398. The second-order valence-electron chi connectivity index (χ2n) is 4.73. The van der Waals surface area contributed by atoms with Gasteiger partial charge in [-0.2, -0.15) is 0 Å². The summed E-state index contributed by atoms with van der Waals surface area (Å²) in [6.45, 7) is 3.84. The Labute approximate surface area is 108 Å². The molecule has 0 aromatic heterocycles. The van der Waals surface area contributed by atoms with Gasteiger partial charge in [-0.3, -0.25) is 4.99 Å². The molecular weight excluding hydrogens is 229 g/mol. The van der Waals surface area contributed by atoms with E-state index in [0.717, 1.165) is 44.6 Å². The lowest BCUT2D eigenvalue weighted by molar-refractivity contribution is 0.218. The summed E-state index contributed by atoms with van der Waals surface area (Å²) in [5, 5.41) is 0. The normalized spacial score (nSPS) is 18.5. The summed E-state index contributed by atoms with van der Waals surface area (Å²) in [6, 6.07) is 7.00. The summed E-state index contributed by atoms with van der Waals surface area (Å²) in [7, 11) is 0. The minimum absolute atomic E-state index is 0.132. The Hall–Kier alpha value is -1.42. The molecule has 0 amide bonds. The van der Waals surface area contributed by atoms with Gasteiger partial charge in [0.15, 0.2) is 0 Å². The number of rotatable bonds is 4. The number of hydrogen-bond donors (Lipinski definition) is 1. The average molecular weight is 249 g/mol. The Morgan fingerprint density at radius 1 is 1.39 bits per heavy atom. The van der Waals surface area contributed by atoms with Gasteiger partial charge >= 0.3 is 0 Å². The SMILES string of the molecule is NC=NCCN1CCC(c2cccc(F)c2)CC1. The number of piperidine rings is 1. The maximum Gasteiger partial charge on any atom is 0.123 e. The van der Waals surface area contributed by atoms with Crippen LogP contribution in [0.15, 0.2) is 29.3 Å². The number of nitrogens with zero attached hydrogens (tertiary/aromatic N) is 2. The van der Waals surface area contributed by atoms with E-state index in [4.69, 9.17) is 5.73 Å². The van der Waals surface area contributed by atoms with Crippen molar-refractivity contribution in [2.45, 2.75) is 18.8 Å². The number of benzene rings is 1. The molecule has 0 atom stereocenters. The Kier molecular flexibility index (Phi) is 4.70. The van der Waals surface area contributed by atoms with E-state index in [0.29, 0.717) is 5.92 Å². The molecule has 1 saturated heterocycles. The molecule has 1 aromatic rings. The molecule has 3 nitrogen and oxygen atoms in total. The molecule has 0 radical (unpaired) electrons. The van der Waals surface area contributed by atoms with E-state index in [1.165, 1.54) is 12.4 Å². The van der Waals surface area contributed by atoms with Gasteiger partial charge in [0.1, 0.15) is 5.82 Å². The van der Waals surface area contributed by atoms with Crippen molar-refractivity contribution in [1.82, 2.24) is 4.90 Å². The first-order valence-electron chi connectivity index (χ1n) is 6.47. The Morgan fingerprint density at radius 3 is 2.83 bits per heavy atom. The molecule has 1 aromatic carbocycles. The highest BCUT2D eigenvalue weighted by molar-refractivity contribution is 5.51. The van der Waals surface area contributed by atoms with Gasteiger partial charge in [-0.15, -0.1) is 0 Å². The van der Waals surface area contributed by atoms with E-state index >= 15 is 0 Å². The fourth-order valence-corrected chi connectivity index (χ4v) is 2.52.